The van der Waals surface area contributed by atoms with Crippen molar-refractivity contribution in [2.45, 2.75) is 19.9 Å². The molecule has 4 nitrogen and oxygen atoms in total. The third-order valence-corrected chi connectivity index (χ3v) is 3.61. The number of thiophene rings is 1. The fourth-order valence-corrected chi connectivity index (χ4v) is 2.43. The number of hydrogen-bond acceptors (Lipinski definition) is 4. The van der Waals surface area contributed by atoms with Crippen LogP contribution in [0, 0.1) is 11.8 Å². The van der Waals surface area contributed by atoms with Gasteiger partial charge in [0.2, 0.25) is 0 Å². The standard InChI is InChI=1S/C15H15NO3S/c1-2-11-5-8-14(19-11)15(18)16-10-13-7-6-12(20-13)4-3-9-17/h5-8,17H,2,9-10H2,1H3,(H,16,18). The molecule has 0 fully saturated rings. The number of hydrogen-bond donors (Lipinski definition) is 2. The van der Waals surface area contributed by atoms with E-state index in [0.717, 1.165) is 21.9 Å². The molecule has 1 amide bonds. The van der Waals surface area contributed by atoms with Gasteiger partial charge in [0.05, 0.1) is 11.4 Å². The third-order valence-electron chi connectivity index (χ3n) is 2.61. The Hall–Kier alpha value is -2.03. The molecule has 0 spiro atoms. The van der Waals surface area contributed by atoms with Crippen molar-refractivity contribution >= 4 is 17.2 Å². The molecule has 2 aromatic rings. The highest BCUT2D eigenvalue weighted by atomic mass is 32.1. The lowest BCUT2D eigenvalue weighted by molar-refractivity contribution is 0.0922. The van der Waals surface area contributed by atoms with Crippen LogP contribution in [0.4, 0.5) is 0 Å². The highest BCUT2D eigenvalue weighted by Gasteiger charge is 2.10. The molecule has 5 heteroatoms. The van der Waals surface area contributed by atoms with E-state index in [0.29, 0.717) is 12.3 Å². The second kappa shape index (κ2) is 6.94. The van der Waals surface area contributed by atoms with Gasteiger partial charge in [0.1, 0.15) is 12.4 Å². The van der Waals surface area contributed by atoms with Crippen LogP contribution in [0.25, 0.3) is 0 Å². The van der Waals surface area contributed by atoms with Gasteiger partial charge in [-0.3, -0.25) is 4.79 Å². The maximum atomic E-state index is 11.9. The van der Waals surface area contributed by atoms with Gasteiger partial charge in [-0.2, -0.15) is 0 Å². The molecule has 0 aliphatic heterocycles. The van der Waals surface area contributed by atoms with Gasteiger partial charge < -0.3 is 14.8 Å². The first-order valence-electron chi connectivity index (χ1n) is 6.28. The first kappa shape index (κ1) is 14.4. The summed E-state index contributed by atoms with van der Waals surface area (Å²) in [5.74, 6) is 6.33. The molecule has 2 rings (SSSR count). The summed E-state index contributed by atoms with van der Waals surface area (Å²) in [5.41, 5.74) is 0. The Morgan fingerprint density at radius 3 is 2.95 bits per heavy atom. The summed E-state index contributed by atoms with van der Waals surface area (Å²) in [4.78, 5) is 13.7. The molecular formula is C15H15NO3S. The molecule has 0 saturated carbocycles. The summed E-state index contributed by atoms with van der Waals surface area (Å²) in [6, 6.07) is 7.27. The van der Waals surface area contributed by atoms with Crippen LogP contribution in [-0.4, -0.2) is 17.6 Å². The minimum absolute atomic E-state index is 0.151. The van der Waals surface area contributed by atoms with Crippen molar-refractivity contribution in [2.75, 3.05) is 6.61 Å². The summed E-state index contributed by atoms with van der Waals surface area (Å²) < 4.78 is 5.38. The van der Waals surface area contributed by atoms with Crippen molar-refractivity contribution in [3.8, 4) is 11.8 Å². The zero-order valence-corrected chi connectivity index (χ0v) is 11.9. The van der Waals surface area contributed by atoms with E-state index in [1.807, 2.05) is 25.1 Å². The number of aryl methyl sites for hydroxylation is 1. The van der Waals surface area contributed by atoms with E-state index in [-0.39, 0.29) is 12.5 Å². The highest BCUT2D eigenvalue weighted by Crippen LogP contribution is 2.15. The van der Waals surface area contributed by atoms with Crippen molar-refractivity contribution in [1.29, 1.82) is 0 Å². The third kappa shape index (κ3) is 3.73. The number of aliphatic hydroxyl groups excluding tert-OH is 1. The molecule has 2 aromatic heterocycles. The SMILES string of the molecule is CCc1ccc(C(=O)NCc2ccc(C#CCO)s2)o1. The fraction of sp³-hybridized carbons (Fsp3) is 0.267. The van der Waals surface area contributed by atoms with Gasteiger partial charge in [-0.25, -0.2) is 0 Å². The molecule has 0 aliphatic carbocycles. The van der Waals surface area contributed by atoms with Crippen LogP contribution in [0.1, 0.15) is 33.0 Å². The van der Waals surface area contributed by atoms with E-state index >= 15 is 0 Å². The number of aliphatic hydroxyl groups is 1. The second-order valence-corrected chi connectivity index (χ2v) is 5.20. The van der Waals surface area contributed by atoms with Crippen LogP contribution in [0.3, 0.4) is 0 Å². The largest absolute Gasteiger partial charge is 0.456 e. The zero-order valence-electron chi connectivity index (χ0n) is 11.1. The molecular weight excluding hydrogens is 274 g/mol. The molecule has 0 radical (unpaired) electrons. The number of carbonyl (C=O) groups is 1. The maximum Gasteiger partial charge on any atom is 0.287 e. The summed E-state index contributed by atoms with van der Waals surface area (Å²) >= 11 is 1.49. The van der Waals surface area contributed by atoms with E-state index in [1.54, 1.807) is 6.07 Å². The fourth-order valence-electron chi connectivity index (χ4n) is 1.61. The van der Waals surface area contributed by atoms with Crippen LogP contribution < -0.4 is 5.32 Å². The van der Waals surface area contributed by atoms with Crippen molar-refractivity contribution in [1.82, 2.24) is 5.32 Å². The Labute approximate surface area is 121 Å². The van der Waals surface area contributed by atoms with Crippen LogP contribution in [0.2, 0.25) is 0 Å². The van der Waals surface area contributed by atoms with Crippen molar-refractivity contribution in [2.24, 2.45) is 0 Å². The Bertz CT molecular complexity index is 645. The molecule has 0 unspecified atom stereocenters. The van der Waals surface area contributed by atoms with Crippen LogP contribution in [-0.2, 0) is 13.0 Å². The normalized spacial score (nSPS) is 9.90. The molecule has 0 saturated heterocycles. The lowest BCUT2D eigenvalue weighted by atomic mass is 10.3. The smallest absolute Gasteiger partial charge is 0.287 e. The average molecular weight is 289 g/mol. The zero-order chi connectivity index (χ0) is 14.4. The van der Waals surface area contributed by atoms with E-state index in [2.05, 4.69) is 17.2 Å². The van der Waals surface area contributed by atoms with E-state index in [1.165, 1.54) is 11.3 Å². The summed E-state index contributed by atoms with van der Waals surface area (Å²) in [7, 11) is 0. The minimum atomic E-state index is -0.221. The Balaban J connectivity index is 1.91. The van der Waals surface area contributed by atoms with Gasteiger partial charge in [0.25, 0.3) is 5.91 Å². The van der Waals surface area contributed by atoms with E-state index < -0.39 is 0 Å². The van der Waals surface area contributed by atoms with Crippen molar-refractivity contribution in [3.63, 3.8) is 0 Å². The molecule has 0 atom stereocenters. The van der Waals surface area contributed by atoms with Gasteiger partial charge in [0, 0.05) is 11.3 Å². The molecule has 2 N–H and O–H groups in total. The monoisotopic (exact) mass is 289 g/mol. The second-order valence-electron chi connectivity index (χ2n) is 4.03. The van der Waals surface area contributed by atoms with Gasteiger partial charge in [-0.05, 0) is 24.3 Å². The predicted octanol–water partition coefficient (Wildman–Crippen LogP) is 2.18. The molecule has 2 heterocycles. The molecule has 20 heavy (non-hydrogen) atoms. The topological polar surface area (TPSA) is 62.5 Å². The van der Waals surface area contributed by atoms with Gasteiger partial charge in [-0.1, -0.05) is 18.8 Å². The molecule has 0 aliphatic rings. The number of rotatable bonds is 4. The summed E-state index contributed by atoms with van der Waals surface area (Å²) in [5, 5.41) is 11.4. The number of furan rings is 1. The number of carbonyl (C=O) groups excluding carboxylic acids is 1. The van der Waals surface area contributed by atoms with Gasteiger partial charge >= 0.3 is 0 Å². The Kier molecular flexibility index (Phi) is 4.99. The van der Waals surface area contributed by atoms with E-state index in [9.17, 15) is 4.79 Å². The van der Waals surface area contributed by atoms with Gasteiger partial charge in [0.15, 0.2) is 5.76 Å². The predicted molar refractivity (Wildman–Crippen MR) is 77.5 cm³/mol. The quantitative estimate of drug-likeness (QED) is 0.848. The minimum Gasteiger partial charge on any atom is -0.456 e. The molecule has 104 valence electrons. The van der Waals surface area contributed by atoms with Crippen molar-refractivity contribution in [3.05, 3.63) is 45.5 Å². The molecule has 0 aromatic carbocycles. The lowest BCUT2D eigenvalue weighted by Crippen LogP contribution is -2.21. The van der Waals surface area contributed by atoms with Crippen LogP contribution >= 0.6 is 11.3 Å². The Morgan fingerprint density at radius 2 is 2.25 bits per heavy atom. The van der Waals surface area contributed by atoms with Crippen molar-refractivity contribution < 1.29 is 14.3 Å². The Morgan fingerprint density at radius 1 is 1.40 bits per heavy atom. The molecule has 0 bridgehead atoms. The van der Waals surface area contributed by atoms with Gasteiger partial charge in [-0.15, -0.1) is 11.3 Å². The van der Waals surface area contributed by atoms with E-state index in [4.69, 9.17) is 9.52 Å². The number of nitrogens with one attached hydrogen (secondary N) is 1. The summed E-state index contributed by atoms with van der Waals surface area (Å²) in [6.07, 6.45) is 0.769. The average Bonchev–Trinajstić information content (AvgIpc) is 3.11. The van der Waals surface area contributed by atoms with Crippen LogP contribution in [0.5, 0.6) is 0 Å². The lowest BCUT2D eigenvalue weighted by Gasteiger charge is -2.00. The number of amides is 1. The maximum absolute atomic E-state index is 11.9. The van der Waals surface area contributed by atoms with Crippen LogP contribution in [0.15, 0.2) is 28.7 Å². The summed E-state index contributed by atoms with van der Waals surface area (Å²) in [6.45, 7) is 2.26. The highest BCUT2D eigenvalue weighted by molar-refractivity contribution is 7.12. The first-order chi connectivity index (χ1) is 9.72. The first-order valence-corrected chi connectivity index (χ1v) is 7.10.